The van der Waals surface area contributed by atoms with Crippen LogP contribution < -0.4 is 10.1 Å². The average Bonchev–Trinajstić information content (AvgIpc) is 2.32. The molecule has 0 aliphatic heterocycles. The van der Waals surface area contributed by atoms with E-state index in [1.807, 2.05) is 50.2 Å². The van der Waals surface area contributed by atoms with Crippen LogP contribution >= 0.6 is 0 Å². The third-order valence-electron chi connectivity index (χ3n) is 2.21. The molecule has 3 nitrogen and oxygen atoms in total. The second kappa shape index (κ2) is 5.34. The van der Waals surface area contributed by atoms with Crippen LogP contribution in [0, 0.1) is 0 Å². The van der Waals surface area contributed by atoms with Gasteiger partial charge < -0.3 is 10.1 Å². The van der Waals surface area contributed by atoms with Gasteiger partial charge in [0.25, 0.3) is 0 Å². The number of nitrogens with zero attached hydrogens (tertiary/aromatic N) is 1. The Bertz CT molecular complexity index is 469. The van der Waals surface area contributed by atoms with Crippen LogP contribution in [0.4, 0.5) is 11.4 Å². The monoisotopic (exact) mass is 228 g/mol. The Labute approximate surface area is 101 Å². The summed E-state index contributed by atoms with van der Waals surface area (Å²) in [5.74, 6) is 0.860. The van der Waals surface area contributed by atoms with Crippen molar-refractivity contribution in [3.8, 4) is 5.75 Å². The van der Waals surface area contributed by atoms with Crippen LogP contribution in [0.5, 0.6) is 5.75 Å². The van der Waals surface area contributed by atoms with Crippen LogP contribution in [0.3, 0.4) is 0 Å². The maximum atomic E-state index is 5.74. The van der Waals surface area contributed by atoms with Crippen molar-refractivity contribution in [3.63, 3.8) is 0 Å². The Balaban J connectivity index is 2.20. The number of hydrogen-bond donors (Lipinski definition) is 1. The summed E-state index contributed by atoms with van der Waals surface area (Å²) in [6, 6.07) is 11.8. The predicted octanol–water partition coefficient (Wildman–Crippen LogP) is 3.61. The first-order valence-electron chi connectivity index (χ1n) is 5.68. The van der Waals surface area contributed by atoms with Gasteiger partial charge in [-0.25, -0.2) is 0 Å². The van der Waals surface area contributed by atoms with Gasteiger partial charge in [-0.05, 0) is 38.1 Å². The number of para-hydroxylation sites is 2. The Hall–Kier alpha value is -2.03. The molecular weight excluding hydrogens is 212 g/mol. The molecule has 0 spiro atoms. The fourth-order valence-corrected chi connectivity index (χ4v) is 1.52. The Morgan fingerprint density at radius 2 is 1.76 bits per heavy atom. The lowest BCUT2D eigenvalue weighted by Crippen LogP contribution is -2.07. The van der Waals surface area contributed by atoms with E-state index in [2.05, 4.69) is 10.3 Å². The number of ether oxygens (including phenoxy) is 1. The molecule has 1 aromatic heterocycles. The molecule has 2 rings (SSSR count). The zero-order valence-electron chi connectivity index (χ0n) is 10.1. The number of rotatable bonds is 4. The summed E-state index contributed by atoms with van der Waals surface area (Å²) >= 11 is 0. The number of anilines is 2. The molecule has 17 heavy (non-hydrogen) atoms. The van der Waals surface area contributed by atoms with Gasteiger partial charge in [0.15, 0.2) is 0 Å². The van der Waals surface area contributed by atoms with Crippen LogP contribution in [0.2, 0.25) is 0 Å². The van der Waals surface area contributed by atoms with Crippen molar-refractivity contribution in [2.45, 2.75) is 20.0 Å². The second-order valence-electron chi connectivity index (χ2n) is 4.02. The van der Waals surface area contributed by atoms with Crippen molar-refractivity contribution in [3.05, 3.63) is 48.8 Å². The highest BCUT2D eigenvalue weighted by Crippen LogP contribution is 2.27. The van der Waals surface area contributed by atoms with Gasteiger partial charge in [0.1, 0.15) is 5.75 Å². The smallest absolute Gasteiger partial charge is 0.143 e. The summed E-state index contributed by atoms with van der Waals surface area (Å²) in [5, 5.41) is 3.31. The van der Waals surface area contributed by atoms with Crippen molar-refractivity contribution in [1.29, 1.82) is 0 Å². The van der Waals surface area contributed by atoms with Gasteiger partial charge >= 0.3 is 0 Å². The highest BCUT2D eigenvalue weighted by Gasteiger charge is 2.04. The van der Waals surface area contributed by atoms with E-state index >= 15 is 0 Å². The normalized spacial score (nSPS) is 10.3. The molecule has 0 atom stereocenters. The SMILES string of the molecule is CC(C)Oc1ccccc1Nc1ccncc1. The summed E-state index contributed by atoms with van der Waals surface area (Å²) in [7, 11) is 0. The standard InChI is InChI=1S/C14H16N2O/c1-11(2)17-14-6-4-3-5-13(14)16-12-7-9-15-10-8-12/h3-11H,1-2H3,(H,15,16). The molecule has 1 heterocycles. The van der Waals surface area contributed by atoms with E-state index in [9.17, 15) is 0 Å². The quantitative estimate of drug-likeness (QED) is 0.868. The van der Waals surface area contributed by atoms with E-state index < -0.39 is 0 Å². The molecule has 0 aliphatic rings. The highest BCUT2D eigenvalue weighted by atomic mass is 16.5. The van der Waals surface area contributed by atoms with E-state index in [4.69, 9.17) is 4.74 Å². The second-order valence-corrected chi connectivity index (χ2v) is 4.02. The molecule has 1 N–H and O–H groups in total. The number of nitrogens with one attached hydrogen (secondary N) is 1. The van der Waals surface area contributed by atoms with Gasteiger partial charge in [-0.3, -0.25) is 4.98 Å². The number of hydrogen-bond acceptors (Lipinski definition) is 3. The first-order chi connectivity index (χ1) is 8.25. The molecule has 3 heteroatoms. The fraction of sp³-hybridized carbons (Fsp3) is 0.214. The minimum Gasteiger partial charge on any atom is -0.489 e. The lowest BCUT2D eigenvalue weighted by molar-refractivity contribution is 0.244. The lowest BCUT2D eigenvalue weighted by Gasteiger charge is -2.15. The van der Waals surface area contributed by atoms with E-state index in [0.717, 1.165) is 17.1 Å². The first-order valence-corrected chi connectivity index (χ1v) is 5.68. The molecule has 2 aromatic rings. The summed E-state index contributed by atoms with van der Waals surface area (Å²) in [6.07, 6.45) is 3.68. The van der Waals surface area contributed by atoms with Crippen molar-refractivity contribution < 1.29 is 4.74 Å². The van der Waals surface area contributed by atoms with Gasteiger partial charge in [-0.1, -0.05) is 12.1 Å². The Morgan fingerprint density at radius 3 is 2.47 bits per heavy atom. The van der Waals surface area contributed by atoms with E-state index in [1.165, 1.54) is 0 Å². The summed E-state index contributed by atoms with van der Waals surface area (Å²) in [6.45, 7) is 4.03. The number of aromatic nitrogens is 1. The van der Waals surface area contributed by atoms with Crippen molar-refractivity contribution in [2.75, 3.05) is 5.32 Å². The minimum absolute atomic E-state index is 0.162. The molecule has 0 bridgehead atoms. The molecule has 0 fully saturated rings. The van der Waals surface area contributed by atoms with Gasteiger partial charge in [-0.2, -0.15) is 0 Å². The third-order valence-corrected chi connectivity index (χ3v) is 2.21. The molecule has 0 amide bonds. The molecule has 0 aliphatic carbocycles. The summed E-state index contributed by atoms with van der Waals surface area (Å²) in [4.78, 5) is 3.99. The topological polar surface area (TPSA) is 34.1 Å². The summed E-state index contributed by atoms with van der Waals surface area (Å²) < 4.78 is 5.74. The molecule has 0 saturated carbocycles. The minimum atomic E-state index is 0.162. The van der Waals surface area contributed by atoms with Crippen LogP contribution in [-0.2, 0) is 0 Å². The van der Waals surface area contributed by atoms with E-state index in [1.54, 1.807) is 12.4 Å². The van der Waals surface area contributed by atoms with Gasteiger partial charge in [0, 0.05) is 18.1 Å². The Morgan fingerprint density at radius 1 is 1.06 bits per heavy atom. The molecular formula is C14H16N2O. The average molecular weight is 228 g/mol. The van der Waals surface area contributed by atoms with Crippen LogP contribution in [-0.4, -0.2) is 11.1 Å². The number of pyridine rings is 1. The molecule has 88 valence electrons. The zero-order chi connectivity index (χ0) is 12.1. The predicted molar refractivity (Wildman–Crippen MR) is 69.7 cm³/mol. The highest BCUT2D eigenvalue weighted by molar-refractivity contribution is 5.65. The van der Waals surface area contributed by atoms with Gasteiger partial charge in [0.2, 0.25) is 0 Å². The largest absolute Gasteiger partial charge is 0.489 e. The van der Waals surface area contributed by atoms with Gasteiger partial charge in [0.05, 0.1) is 11.8 Å². The van der Waals surface area contributed by atoms with Crippen LogP contribution in [0.15, 0.2) is 48.8 Å². The first kappa shape index (κ1) is 11.5. The fourth-order valence-electron chi connectivity index (χ4n) is 1.52. The zero-order valence-corrected chi connectivity index (χ0v) is 10.1. The molecule has 0 unspecified atom stereocenters. The van der Waals surface area contributed by atoms with Crippen molar-refractivity contribution >= 4 is 11.4 Å². The third kappa shape index (κ3) is 3.21. The Kier molecular flexibility index (Phi) is 3.60. The van der Waals surface area contributed by atoms with Crippen molar-refractivity contribution in [1.82, 2.24) is 4.98 Å². The van der Waals surface area contributed by atoms with Crippen molar-refractivity contribution in [2.24, 2.45) is 0 Å². The number of benzene rings is 1. The van der Waals surface area contributed by atoms with E-state index in [-0.39, 0.29) is 6.10 Å². The summed E-state index contributed by atoms with van der Waals surface area (Å²) in [5.41, 5.74) is 1.97. The maximum Gasteiger partial charge on any atom is 0.143 e. The molecule has 0 saturated heterocycles. The van der Waals surface area contributed by atoms with Gasteiger partial charge in [-0.15, -0.1) is 0 Å². The van der Waals surface area contributed by atoms with Crippen LogP contribution in [0.25, 0.3) is 0 Å². The molecule has 0 radical (unpaired) electrons. The van der Waals surface area contributed by atoms with Crippen LogP contribution in [0.1, 0.15) is 13.8 Å². The van der Waals surface area contributed by atoms with E-state index in [0.29, 0.717) is 0 Å². The molecule has 1 aromatic carbocycles. The maximum absolute atomic E-state index is 5.74. The lowest BCUT2D eigenvalue weighted by atomic mass is 10.2.